The molecule has 2 unspecified atom stereocenters. The standard InChI is InChI=1S/C16H25NO2/c1-2-9-18-10-8-14(17)12-13-7-11-19-16-6-4-3-5-15(13)16/h3-6,13-14H,2,7-12,17H2,1H3. The van der Waals surface area contributed by atoms with Gasteiger partial charge in [0.2, 0.25) is 0 Å². The van der Waals surface area contributed by atoms with Crippen molar-refractivity contribution < 1.29 is 9.47 Å². The highest BCUT2D eigenvalue weighted by Crippen LogP contribution is 2.36. The van der Waals surface area contributed by atoms with Crippen molar-refractivity contribution in [1.29, 1.82) is 0 Å². The summed E-state index contributed by atoms with van der Waals surface area (Å²) in [6.07, 6.45) is 4.11. The Balaban J connectivity index is 1.83. The van der Waals surface area contributed by atoms with Crippen LogP contribution >= 0.6 is 0 Å². The molecule has 2 N–H and O–H groups in total. The maximum Gasteiger partial charge on any atom is 0.122 e. The molecule has 19 heavy (non-hydrogen) atoms. The van der Waals surface area contributed by atoms with Gasteiger partial charge in [-0.05, 0) is 43.2 Å². The summed E-state index contributed by atoms with van der Waals surface area (Å²) in [5.74, 6) is 1.57. The van der Waals surface area contributed by atoms with Crippen LogP contribution in [-0.4, -0.2) is 25.9 Å². The third-order valence-corrected chi connectivity index (χ3v) is 3.65. The first-order valence-corrected chi connectivity index (χ1v) is 7.36. The molecule has 3 heteroatoms. The molecular weight excluding hydrogens is 238 g/mol. The van der Waals surface area contributed by atoms with Crippen molar-refractivity contribution in [2.24, 2.45) is 5.73 Å². The predicted molar refractivity (Wildman–Crippen MR) is 77.6 cm³/mol. The zero-order valence-corrected chi connectivity index (χ0v) is 11.8. The van der Waals surface area contributed by atoms with Crippen LogP contribution in [0.15, 0.2) is 24.3 Å². The third-order valence-electron chi connectivity index (χ3n) is 3.65. The number of benzene rings is 1. The van der Waals surface area contributed by atoms with Crippen LogP contribution in [0.1, 0.15) is 44.1 Å². The van der Waals surface area contributed by atoms with Crippen molar-refractivity contribution >= 4 is 0 Å². The first-order chi connectivity index (χ1) is 9.31. The average molecular weight is 263 g/mol. The van der Waals surface area contributed by atoms with Gasteiger partial charge in [-0.1, -0.05) is 25.1 Å². The smallest absolute Gasteiger partial charge is 0.122 e. The first-order valence-electron chi connectivity index (χ1n) is 7.36. The second-order valence-corrected chi connectivity index (χ2v) is 5.27. The van der Waals surface area contributed by atoms with Crippen LogP contribution in [0.25, 0.3) is 0 Å². The van der Waals surface area contributed by atoms with Crippen LogP contribution in [0.2, 0.25) is 0 Å². The maximum atomic E-state index is 6.22. The minimum absolute atomic E-state index is 0.216. The van der Waals surface area contributed by atoms with Crippen molar-refractivity contribution in [3.63, 3.8) is 0 Å². The molecule has 1 aromatic carbocycles. The molecule has 0 aliphatic carbocycles. The summed E-state index contributed by atoms with van der Waals surface area (Å²) in [6, 6.07) is 8.54. The fourth-order valence-electron chi connectivity index (χ4n) is 2.63. The number of ether oxygens (including phenoxy) is 2. The quantitative estimate of drug-likeness (QED) is 0.769. The van der Waals surface area contributed by atoms with Crippen LogP contribution < -0.4 is 10.5 Å². The molecule has 1 heterocycles. The topological polar surface area (TPSA) is 44.5 Å². The fourth-order valence-corrected chi connectivity index (χ4v) is 2.63. The lowest BCUT2D eigenvalue weighted by Gasteiger charge is -2.27. The van der Waals surface area contributed by atoms with E-state index in [0.717, 1.165) is 51.3 Å². The molecule has 0 radical (unpaired) electrons. The van der Waals surface area contributed by atoms with Gasteiger partial charge in [-0.15, -0.1) is 0 Å². The summed E-state index contributed by atoms with van der Waals surface area (Å²) >= 11 is 0. The Kier molecular flexibility index (Phi) is 5.67. The Bertz CT molecular complexity index is 381. The molecule has 3 nitrogen and oxygen atoms in total. The molecule has 2 rings (SSSR count). The zero-order chi connectivity index (χ0) is 13.5. The van der Waals surface area contributed by atoms with Gasteiger partial charge in [0, 0.05) is 19.3 Å². The fraction of sp³-hybridized carbons (Fsp3) is 0.625. The molecule has 0 spiro atoms. The van der Waals surface area contributed by atoms with E-state index in [9.17, 15) is 0 Å². The minimum atomic E-state index is 0.216. The van der Waals surface area contributed by atoms with Crippen LogP contribution in [0.4, 0.5) is 0 Å². The molecule has 1 aliphatic heterocycles. The molecule has 0 amide bonds. The molecule has 2 atom stereocenters. The summed E-state index contributed by atoms with van der Waals surface area (Å²) < 4.78 is 11.2. The lowest BCUT2D eigenvalue weighted by atomic mass is 9.87. The van der Waals surface area contributed by atoms with Crippen LogP contribution in [0.5, 0.6) is 5.75 Å². The number of nitrogens with two attached hydrogens (primary N) is 1. The van der Waals surface area contributed by atoms with E-state index in [1.807, 2.05) is 6.07 Å². The van der Waals surface area contributed by atoms with E-state index in [1.54, 1.807) is 0 Å². The summed E-state index contributed by atoms with van der Waals surface area (Å²) in [4.78, 5) is 0. The summed E-state index contributed by atoms with van der Waals surface area (Å²) in [6.45, 7) is 4.55. The van der Waals surface area contributed by atoms with E-state index in [2.05, 4.69) is 25.1 Å². The van der Waals surface area contributed by atoms with E-state index in [0.29, 0.717) is 5.92 Å². The van der Waals surface area contributed by atoms with E-state index < -0.39 is 0 Å². The van der Waals surface area contributed by atoms with Gasteiger partial charge in [-0.3, -0.25) is 0 Å². The summed E-state index contributed by atoms with van der Waals surface area (Å²) in [5.41, 5.74) is 7.54. The van der Waals surface area contributed by atoms with E-state index >= 15 is 0 Å². The Morgan fingerprint density at radius 2 is 2.21 bits per heavy atom. The Hall–Kier alpha value is -1.06. The van der Waals surface area contributed by atoms with Gasteiger partial charge in [0.25, 0.3) is 0 Å². The van der Waals surface area contributed by atoms with Gasteiger partial charge in [-0.2, -0.15) is 0 Å². The van der Waals surface area contributed by atoms with E-state index in [4.69, 9.17) is 15.2 Å². The number of fused-ring (bicyclic) bond motifs is 1. The molecule has 1 aliphatic rings. The van der Waals surface area contributed by atoms with E-state index in [1.165, 1.54) is 5.56 Å². The second kappa shape index (κ2) is 7.51. The van der Waals surface area contributed by atoms with Crippen LogP contribution in [0.3, 0.4) is 0 Å². The molecule has 0 saturated heterocycles. The number of hydrogen-bond donors (Lipinski definition) is 1. The normalized spacial score (nSPS) is 19.6. The van der Waals surface area contributed by atoms with E-state index in [-0.39, 0.29) is 6.04 Å². The number of para-hydroxylation sites is 1. The van der Waals surface area contributed by atoms with Gasteiger partial charge in [0.15, 0.2) is 0 Å². The minimum Gasteiger partial charge on any atom is -0.493 e. The van der Waals surface area contributed by atoms with Crippen molar-refractivity contribution in [2.75, 3.05) is 19.8 Å². The maximum absolute atomic E-state index is 6.22. The predicted octanol–water partition coefficient (Wildman–Crippen LogP) is 3.09. The summed E-state index contributed by atoms with van der Waals surface area (Å²) in [5, 5.41) is 0. The SMILES string of the molecule is CCCOCCC(N)CC1CCOc2ccccc21. The third kappa shape index (κ3) is 4.22. The first kappa shape index (κ1) is 14.4. The molecule has 0 aromatic heterocycles. The monoisotopic (exact) mass is 263 g/mol. The molecule has 1 aromatic rings. The second-order valence-electron chi connectivity index (χ2n) is 5.27. The Morgan fingerprint density at radius 3 is 3.05 bits per heavy atom. The zero-order valence-electron chi connectivity index (χ0n) is 11.8. The van der Waals surface area contributed by atoms with Gasteiger partial charge >= 0.3 is 0 Å². The van der Waals surface area contributed by atoms with Crippen molar-refractivity contribution in [1.82, 2.24) is 0 Å². The van der Waals surface area contributed by atoms with Gasteiger partial charge in [0.1, 0.15) is 5.75 Å². The largest absolute Gasteiger partial charge is 0.493 e. The molecule has 0 fully saturated rings. The van der Waals surface area contributed by atoms with Crippen molar-refractivity contribution in [2.45, 2.75) is 44.6 Å². The van der Waals surface area contributed by atoms with Crippen molar-refractivity contribution in [3.8, 4) is 5.75 Å². The van der Waals surface area contributed by atoms with Crippen molar-refractivity contribution in [3.05, 3.63) is 29.8 Å². The molecular formula is C16H25NO2. The Labute approximate surface area is 116 Å². The lowest BCUT2D eigenvalue weighted by Crippen LogP contribution is -2.27. The average Bonchev–Trinajstić information content (AvgIpc) is 2.44. The van der Waals surface area contributed by atoms with Crippen LogP contribution in [-0.2, 0) is 4.74 Å². The lowest BCUT2D eigenvalue weighted by molar-refractivity contribution is 0.125. The molecule has 0 bridgehead atoms. The number of hydrogen-bond acceptors (Lipinski definition) is 3. The van der Waals surface area contributed by atoms with Gasteiger partial charge in [-0.25, -0.2) is 0 Å². The molecule has 0 saturated carbocycles. The Morgan fingerprint density at radius 1 is 1.37 bits per heavy atom. The van der Waals surface area contributed by atoms with Gasteiger partial charge < -0.3 is 15.2 Å². The number of rotatable bonds is 7. The molecule has 106 valence electrons. The summed E-state index contributed by atoms with van der Waals surface area (Å²) in [7, 11) is 0. The highest BCUT2D eigenvalue weighted by atomic mass is 16.5. The highest BCUT2D eigenvalue weighted by Gasteiger charge is 2.22. The van der Waals surface area contributed by atoms with Crippen LogP contribution in [0, 0.1) is 0 Å². The van der Waals surface area contributed by atoms with Gasteiger partial charge in [0.05, 0.1) is 6.61 Å². The highest BCUT2D eigenvalue weighted by molar-refractivity contribution is 5.37.